The van der Waals surface area contributed by atoms with Crippen molar-refractivity contribution < 1.29 is 18.7 Å². The Balaban J connectivity index is 1.11. The highest BCUT2D eigenvalue weighted by Crippen LogP contribution is 2.25. The van der Waals surface area contributed by atoms with Gasteiger partial charge in [-0.3, -0.25) is 9.59 Å². The minimum Gasteiger partial charge on any atom is -0.493 e. The second kappa shape index (κ2) is 13.4. The number of anilines is 1. The lowest BCUT2D eigenvalue weighted by atomic mass is 9.92. The Labute approximate surface area is 218 Å². The number of carbonyl (C=O) groups excluding carboxylic acids is 2. The van der Waals surface area contributed by atoms with E-state index in [2.05, 4.69) is 27.1 Å². The van der Waals surface area contributed by atoms with Gasteiger partial charge in [0.25, 0.3) is 5.91 Å². The van der Waals surface area contributed by atoms with Crippen LogP contribution in [0.15, 0.2) is 30.6 Å². The Bertz CT molecular complexity index is 1040. The number of nitrogens with zero attached hydrogens (tertiary/aromatic N) is 4. The van der Waals surface area contributed by atoms with Crippen molar-refractivity contribution in [2.75, 3.05) is 44.2 Å². The minimum atomic E-state index is -0.591. The first kappa shape index (κ1) is 26.8. The zero-order chi connectivity index (χ0) is 26.0. The molecule has 8 nitrogen and oxygen atoms in total. The molecule has 0 unspecified atom stereocenters. The van der Waals surface area contributed by atoms with Crippen LogP contribution in [0.2, 0.25) is 0 Å². The van der Waals surface area contributed by atoms with Crippen LogP contribution in [-0.2, 0) is 11.2 Å². The summed E-state index contributed by atoms with van der Waals surface area (Å²) in [7, 11) is 0. The molecule has 0 spiro atoms. The molecule has 2 saturated heterocycles. The molecule has 0 radical (unpaired) electrons. The summed E-state index contributed by atoms with van der Waals surface area (Å²) >= 11 is 0. The Hall–Kier alpha value is -3.23. The summed E-state index contributed by atoms with van der Waals surface area (Å²) in [5.41, 5.74) is 1.16. The zero-order valence-electron chi connectivity index (χ0n) is 21.8. The van der Waals surface area contributed by atoms with Crippen LogP contribution in [0.4, 0.5) is 10.3 Å². The molecule has 2 amide bonds. The highest BCUT2D eigenvalue weighted by Gasteiger charge is 2.21. The van der Waals surface area contributed by atoms with Gasteiger partial charge < -0.3 is 19.9 Å². The van der Waals surface area contributed by atoms with Gasteiger partial charge in [-0.2, -0.15) is 0 Å². The Kier molecular flexibility index (Phi) is 9.68. The number of halogens is 1. The Morgan fingerprint density at radius 3 is 2.62 bits per heavy atom. The first-order valence-electron chi connectivity index (χ1n) is 13.6. The molecule has 9 heteroatoms. The third kappa shape index (κ3) is 7.63. The van der Waals surface area contributed by atoms with Gasteiger partial charge in [0.1, 0.15) is 11.6 Å². The molecule has 1 N–H and O–H groups in total. The number of piperidine rings is 1. The summed E-state index contributed by atoms with van der Waals surface area (Å²) in [6.07, 6.45) is 11.1. The molecule has 0 saturated carbocycles. The van der Waals surface area contributed by atoms with Gasteiger partial charge in [-0.15, -0.1) is 0 Å². The van der Waals surface area contributed by atoms with Crippen LogP contribution >= 0.6 is 0 Å². The van der Waals surface area contributed by atoms with Crippen molar-refractivity contribution in [3.05, 3.63) is 47.5 Å². The van der Waals surface area contributed by atoms with Crippen LogP contribution < -0.4 is 15.0 Å². The quantitative estimate of drug-likeness (QED) is 0.434. The Morgan fingerprint density at radius 2 is 1.95 bits per heavy atom. The number of hydrogen-bond acceptors (Lipinski definition) is 6. The van der Waals surface area contributed by atoms with Crippen molar-refractivity contribution >= 4 is 17.8 Å². The number of aryl methyl sites for hydroxylation is 1. The summed E-state index contributed by atoms with van der Waals surface area (Å²) in [6, 6.07) is 4.39. The van der Waals surface area contributed by atoms with E-state index in [1.807, 2.05) is 17.3 Å². The predicted octanol–water partition coefficient (Wildman–Crippen LogP) is 4.00. The van der Waals surface area contributed by atoms with E-state index in [0.717, 1.165) is 69.7 Å². The summed E-state index contributed by atoms with van der Waals surface area (Å²) in [6.45, 7) is 6.34. The third-order valence-corrected chi connectivity index (χ3v) is 7.27. The smallest absolute Gasteiger partial charge is 0.254 e. The van der Waals surface area contributed by atoms with Gasteiger partial charge in [-0.1, -0.05) is 6.92 Å². The molecule has 0 atom stereocenters. The third-order valence-electron chi connectivity index (χ3n) is 7.27. The summed E-state index contributed by atoms with van der Waals surface area (Å²) in [4.78, 5) is 37.0. The van der Waals surface area contributed by atoms with Gasteiger partial charge in [0, 0.05) is 57.6 Å². The maximum atomic E-state index is 14.5. The van der Waals surface area contributed by atoms with Gasteiger partial charge in [0.2, 0.25) is 11.9 Å². The van der Waals surface area contributed by atoms with E-state index in [4.69, 9.17) is 4.74 Å². The van der Waals surface area contributed by atoms with E-state index in [0.29, 0.717) is 44.2 Å². The van der Waals surface area contributed by atoms with Crippen molar-refractivity contribution in [3.63, 3.8) is 0 Å². The van der Waals surface area contributed by atoms with Crippen LogP contribution in [0.5, 0.6) is 5.75 Å². The number of carbonyl (C=O) groups is 2. The zero-order valence-corrected chi connectivity index (χ0v) is 21.8. The molecule has 2 aromatic rings. The molecule has 37 heavy (non-hydrogen) atoms. The number of benzene rings is 1. The number of aromatic nitrogens is 2. The number of rotatable bonds is 12. The van der Waals surface area contributed by atoms with E-state index >= 15 is 0 Å². The molecule has 2 aliphatic rings. The summed E-state index contributed by atoms with van der Waals surface area (Å²) in [5, 5.41) is 2.74. The van der Waals surface area contributed by atoms with Crippen LogP contribution in [0.1, 0.15) is 67.8 Å². The van der Waals surface area contributed by atoms with Gasteiger partial charge >= 0.3 is 0 Å². The average Bonchev–Trinajstić information content (AvgIpc) is 3.34. The first-order chi connectivity index (χ1) is 18.0. The molecule has 1 aromatic carbocycles. The fourth-order valence-electron chi connectivity index (χ4n) is 4.95. The van der Waals surface area contributed by atoms with Crippen LogP contribution in [0, 0.1) is 11.7 Å². The Morgan fingerprint density at radius 1 is 1.16 bits per heavy atom. The van der Waals surface area contributed by atoms with Crippen molar-refractivity contribution in [3.8, 4) is 5.75 Å². The highest BCUT2D eigenvalue weighted by molar-refractivity contribution is 5.94. The molecular weight excluding hydrogens is 473 g/mol. The van der Waals surface area contributed by atoms with Crippen LogP contribution in [0.25, 0.3) is 0 Å². The second-order valence-electron chi connectivity index (χ2n) is 9.90. The van der Waals surface area contributed by atoms with E-state index in [-0.39, 0.29) is 11.5 Å². The van der Waals surface area contributed by atoms with Gasteiger partial charge in [0.05, 0.1) is 12.2 Å². The average molecular weight is 512 g/mol. The van der Waals surface area contributed by atoms with E-state index in [9.17, 15) is 14.0 Å². The lowest BCUT2D eigenvalue weighted by Gasteiger charge is -2.32. The first-order valence-corrected chi connectivity index (χ1v) is 13.6. The molecule has 200 valence electrons. The molecule has 2 fully saturated rings. The summed E-state index contributed by atoms with van der Waals surface area (Å²) < 4.78 is 20.3. The highest BCUT2D eigenvalue weighted by atomic mass is 19.1. The molecule has 0 aliphatic carbocycles. The molecule has 1 aromatic heterocycles. The normalized spacial score (nSPS) is 16.3. The topological polar surface area (TPSA) is 87.7 Å². The molecule has 2 aliphatic heterocycles. The minimum absolute atomic E-state index is 0.00433. The monoisotopic (exact) mass is 511 g/mol. The van der Waals surface area contributed by atoms with Gasteiger partial charge in [-0.25, -0.2) is 14.4 Å². The fraction of sp³-hybridized carbons (Fsp3) is 0.571. The molecule has 3 heterocycles. The largest absolute Gasteiger partial charge is 0.493 e. The standard InChI is InChI=1S/C28H38FN5O3/c1-2-21-19-31-28(32-20-21)34-15-10-22(11-16-34)6-4-17-37-23-8-9-24(25(29)18-23)27(36)30-12-5-14-33-13-3-7-26(33)35/h8-9,18-20,22H,2-7,10-17H2,1H3,(H,30,36). The van der Waals surface area contributed by atoms with E-state index < -0.39 is 11.7 Å². The number of amides is 2. The fourth-order valence-corrected chi connectivity index (χ4v) is 4.95. The molecular formula is C28H38FN5O3. The molecule has 4 rings (SSSR count). The molecule has 0 bridgehead atoms. The lowest BCUT2D eigenvalue weighted by molar-refractivity contribution is -0.127. The predicted molar refractivity (Wildman–Crippen MR) is 140 cm³/mol. The van der Waals surface area contributed by atoms with Gasteiger partial charge in [-0.05, 0) is 68.6 Å². The maximum absolute atomic E-state index is 14.5. The number of ether oxygens (including phenoxy) is 1. The van der Waals surface area contributed by atoms with Crippen LogP contribution in [0.3, 0.4) is 0 Å². The maximum Gasteiger partial charge on any atom is 0.254 e. The number of hydrogen-bond donors (Lipinski definition) is 1. The van der Waals surface area contributed by atoms with Crippen LogP contribution in [-0.4, -0.2) is 66.0 Å². The number of likely N-dealkylation sites (tertiary alicyclic amines) is 1. The van der Waals surface area contributed by atoms with Crippen molar-refractivity contribution in [1.82, 2.24) is 20.2 Å². The summed E-state index contributed by atoms with van der Waals surface area (Å²) in [5.74, 6) is 1.02. The van der Waals surface area contributed by atoms with Crippen molar-refractivity contribution in [2.45, 2.75) is 58.3 Å². The number of nitrogens with one attached hydrogen (secondary N) is 1. The van der Waals surface area contributed by atoms with Gasteiger partial charge in [0.15, 0.2) is 0 Å². The van der Waals surface area contributed by atoms with Crippen molar-refractivity contribution in [1.29, 1.82) is 0 Å². The SMILES string of the molecule is CCc1cnc(N2CCC(CCCOc3ccc(C(=O)NCCCN4CCCC4=O)c(F)c3)CC2)nc1. The lowest BCUT2D eigenvalue weighted by Crippen LogP contribution is -2.35. The van der Waals surface area contributed by atoms with Crippen molar-refractivity contribution in [2.24, 2.45) is 5.92 Å². The van der Waals surface area contributed by atoms with E-state index in [1.165, 1.54) is 12.1 Å². The van der Waals surface area contributed by atoms with E-state index in [1.54, 1.807) is 6.07 Å². The second-order valence-corrected chi connectivity index (χ2v) is 9.90.